The smallest absolute Gasteiger partial charge is 0.335 e. The van der Waals surface area contributed by atoms with Crippen LogP contribution in [0.1, 0.15) is 68.7 Å². The summed E-state index contributed by atoms with van der Waals surface area (Å²) in [5.74, 6) is 4.61. The van der Waals surface area contributed by atoms with Crippen molar-refractivity contribution < 1.29 is 43.1 Å². The quantitative estimate of drug-likeness (QED) is 0.0566. The number of methoxy groups -OCH3 is 2. The van der Waals surface area contributed by atoms with E-state index >= 15 is 0 Å². The zero-order valence-corrected chi connectivity index (χ0v) is 47.5. The second-order valence-corrected chi connectivity index (χ2v) is 19.9. The van der Waals surface area contributed by atoms with Crippen LogP contribution in [-0.4, -0.2) is 109 Å². The van der Waals surface area contributed by atoms with Crippen LogP contribution in [0.4, 0.5) is 23.3 Å². The first kappa shape index (κ1) is 59.0. The van der Waals surface area contributed by atoms with Gasteiger partial charge in [0, 0.05) is 81.0 Å². The van der Waals surface area contributed by atoms with Crippen molar-refractivity contribution >= 4 is 57.2 Å². The van der Waals surface area contributed by atoms with Crippen LogP contribution in [-0.2, 0) is 22.6 Å². The number of aromatic carboxylic acids is 1. The van der Waals surface area contributed by atoms with Crippen LogP contribution in [0.5, 0.6) is 34.5 Å². The fraction of sp³-hybridized carbons (Fsp3) is 0.219. The number of pyridine rings is 4. The third-order valence-corrected chi connectivity index (χ3v) is 14.0. The van der Waals surface area contributed by atoms with Crippen molar-refractivity contribution in [1.82, 2.24) is 39.5 Å². The van der Waals surface area contributed by atoms with Gasteiger partial charge in [0.2, 0.25) is 0 Å². The molecule has 10 aromatic rings. The Morgan fingerprint density at radius 2 is 1.00 bits per heavy atom. The molecule has 440 valence electrons. The lowest BCUT2D eigenvalue weighted by Gasteiger charge is -2.23. The second kappa shape index (κ2) is 28.4. The molecule has 6 N–H and O–H groups in total. The molecule has 0 unspecified atom stereocenters. The van der Waals surface area contributed by atoms with Crippen LogP contribution >= 0.6 is 0 Å². The Morgan fingerprint density at radius 3 is 1.43 bits per heavy atom. The Hall–Kier alpha value is -11.1. The standard InChI is InChI=1S/C32H29N7O4.C26H26N4O5.C6H5N3/c1-41-25-6-2-21(3-7-25)20-39-31-29(30(38-39)36-24-12-16-42-17-13-24)27(11-15-35-31)43-26-8-4-23(5-9-26)32(40)37-28-18-22(19-33)10-14-34-28;1-33-20-6-2-17(3-7-20)16-30-25-23(24(29-30)28-19-11-14-34-15-12-19)22(10-13-27-25)35-21-8-4-18(5-9-21)26(31)32;7-4-5-1-2-9-6(8)3-5/h2-11,14-15,18,24H,12-13,16-17,20H2,1H3,(H,36,38)(H,34,37,40);2-10,13,19H,11-12,14-16H2,1H3,(H,28,29)(H,31,32);1-3H,(H2,8,9). The topological polar surface area (TPSA) is 307 Å². The number of benzene rings is 4. The molecule has 1 amide bonds. The lowest BCUT2D eigenvalue weighted by Crippen LogP contribution is -2.28. The number of carboxylic acid groups (broad SMARTS) is 1. The maximum Gasteiger partial charge on any atom is 0.335 e. The molecule has 87 heavy (non-hydrogen) atoms. The zero-order valence-electron chi connectivity index (χ0n) is 47.5. The third kappa shape index (κ3) is 15.4. The van der Waals surface area contributed by atoms with Gasteiger partial charge in [0.1, 0.15) is 56.9 Å². The summed E-state index contributed by atoms with van der Waals surface area (Å²) in [5.41, 5.74) is 10.3. The van der Waals surface area contributed by atoms with Crippen LogP contribution in [0, 0.1) is 22.7 Å². The number of fused-ring (bicyclic) bond motifs is 2. The lowest BCUT2D eigenvalue weighted by atomic mass is 10.1. The van der Waals surface area contributed by atoms with E-state index in [1.807, 2.05) is 76.1 Å². The maximum absolute atomic E-state index is 12.8. The Bertz CT molecular complexity index is 4060. The number of nitriles is 2. The van der Waals surface area contributed by atoms with E-state index in [4.69, 9.17) is 60.0 Å². The monoisotopic (exact) mass is 1170 g/mol. The minimum atomic E-state index is -0.981. The molecule has 0 aliphatic carbocycles. The van der Waals surface area contributed by atoms with Crippen molar-refractivity contribution in [2.24, 2.45) is 0 Å². The Labute approximate surface area is 499 Å². The molecule has 0 bridgehead atoms. The second-order valence-electron chi connectivity index (χ2n) is 19.9. The minimum Gasteiger partial charge on any atom is -0.497 e. The molecular formula is C64H60N14O9. The third-order valence-electron chi connectivity index (χ3n) is 14.0. The number of ether oxygens (including phenoxy) is 6. The highest BCUT2D eigenvalue weighted by atomic mass is 16.5. The molecule has 4 aromatic carbocycles. The molecule has 2 fully saturated rings. The highest BCUT2D eigenvalue weighted by molar-refractivity contribution is 6.04. The van der Waals surface area contributed by atoms with Crippen LogP contribution in [0.3, 0.4) is 0 Å². The number of anilines is 4. The number of nitrogens with zero attached hydrogens (tertiary/aromatic N) is 10. The van der Waals surface area contributed by atoms with Gasteiger partial charge < -0.3 is 55.2 Å². The van der Waals surface area contributed by atoms with E-state index in [2.05, 4.69) is 35.9 Å². The van der Waals surface area contributed by atoms with Crippen molar-refractivity contribution in [3.05, 3.63) is 192 Å². The number of nitrogens with one attached hydrogen (secondary N) is 3. The van der Waals surface area contributed by atoms with Crippen LogP contribution in [0.15, 0.2) is 158 Å². The molecule has 2 saturated heterocycles. The number of carboxylic acids is 1. The molecule has 0 radical (unpaired) electrons. The summed E-state index contributed by atoms with van der Waals surface area (Å²) in [6, 6.07) is 43.1. The summed E-state index contributed by atoms with van der Waals surface area (Å²) < 4.78 is 37.9. The predicted molar refractivity (Wildman–Crippen MR) is 324 cm³/mol. The predicted octanol–water partition coefficient (Wildman–Crippen LogP) is 10.5. The minimum absolute atomic E-state index is 0.200. The van der Waals surface area contributed by atoms with E-state index in [0.717, 1.165) is 59.1 Å². The van der Waals surface area contributed by atoms with Gasteiger partial charge in [0.05, 0.1) is 56.1 Å². The van der Waals surface area contributed by atoms with E-state index in [1.165, 1.54) is 36.7 Å². The summed E-state index contributed by atoms with van der Waals surface area (Å²) >= 11 is 0. The van der Waals surface area contributed by atoms with Crippen molar-refractivity contribution in [3.63, 3.8) is 0 Å². The van der Waals surface area contributed by atoms with Gasteiger partial charge >= 0.3 is 5.97 Å². The van der Waals surface area contributed by atoms with Gasteiger partial charge in [0.15, 0.2) is 22.9 Å². The zero-order chi connectivity index (χ0) is 60.5. The van der Waals surface area contributed by atoms with Gasteiger partial charge in [-0.25, -0.2) is 34.1 Å². The molecule has 23 nitrogen and oxygen atoms in total. The van der Waals surface area contributed by atoms with Gasteiger partial charge in [-0.15, -0.1) is 0 Å². The molecule has 8 heterocycles. The van der Waals surface area contributed by atoms with Crippen molar-refractivity contribution in [2.75, 3.05) is 62.3 Å². The average molecular weight is 1170 g/mol. The van der Waals surface area contributed by atoms with Crippen molar-refractivity contribution in [1.29, 1.82) is 10.5 Å². The number of carbonyl (C=O) groups is 2. The molecule has 2 aliphatic heterocycles. The molecule has 12 rings (SSSR count). The molecule has 6 aromatic heterocycles. The summed E-state index contributed by atoms with van der Waals surface area (Å²) in [4.78, 5) is 41.0. The van der Waals surface area contributed by atoms with Crippen molar-refractivity contribution in [3.8, 4) is 46.6 Å². The first-order chi connectivity index (χ1) is 42.5. The fourth-order valence-electron chi connectivity index (χ4n) is 9.48. The lowest BCUT2D eigenvalue weighted by molar-refractivity contribution is 0.0696. The Kier molecular flexibility index (Phi) is 19.3. The van der Waals surface area contributed by atoms with Crippen LogP contribution < -0.4 is 40.6 Å². The number of nitrogens with two attached hydrogens (primary N) is 1. The summed E-state index contributed by atoms with van der Waals surface area (Å²) in [6.07, 6.45) is 9.91. The first-order valence-corrected chi connectivity index (χ1v) is 27.8. The van der Waals surface area contributed by atoms with Gasteiger partial charge in [0.25, 0.3) is 5.91 Å². The van der Waals surface area contributed by atoms with Gasteiger partial charge in [-0.05, 0) is 134 Å². The summed E-state index contributed by atoms with van der Waals surface area (Å²) in [6.45, 7) is 3.86. The highest BCUT2D eigenvalue weighted by Gasteiger charge is 2.24. The number of hydrogen-bond acceptors (Lipinski definition) is 19. The SMILES string of the molecule is COc1ccc(Cn2nc(NC3CCOCC3)c3c(Oc4ccc(C(=O)Nc5cc(C#N)ccn5)cc4)ccnc32)cc1.COc1ccc(Cn2nc(NC3CCOCC3)c3c(Oc4ccc(C(=O)O)cc4)ccnc32)cc1.N#Cc1ccnc(N)c1. The number of hydrogen-bond donors (Lipinski definition) is 5. The highest BCUT2D eigenvalue weighted by Crippen LogP contribution is 2.37. The number of carbonyl (C=O) groups excluding carboxylic acids is 1. The average Bonchev–Trinajstić information content (AvgIpc) is 3.45. The maximum atomic E-state index is 12.8. The summed E-state index contributed by atoms with van der Waals surface area (Å²) in [5, 5.41) is 47.8. The van der Waals surface area contributed by atoms with E-state index in [0.29, 0.717) is 114 Å². The van der Waals surface area contributed by atoms with Crippen molar-refractivity contribution in [2.45, 2.75) is 50.9 Å². The van der Waals surface area contributed by atoms with Gasteiger partial charge in [-0.2, -0.15) is 20.7 Å². The molecular weight excluding hydrogens is 1110 g/mol. The molecule has 0 spiro atoms. The number of rotatable bonds is 17. The van der Waals surface area contributed by atoms with E-state index in [-0.39, 0.29) is 23.6 Å². The van der Waals surface area contributed by atoms with E-state index < -0.39 is 5.97 Å². The number of amides is 1. The Balaban J connectivity index is 0.000000171. The largest absolute Gasteiger partial charge is 0.497 e. The van der Waals surface area contributed by atoms with Gasteiger partial charge in [-0.1, -0.05) is 24.3 Å². The van der Waals surface area contributed by atoms with Crippen LogP contribution in [0.2, 0.25) is 0 Å². The summed E-state index contributed by atoms with van der Waals surface area (Å²) in [7, 11) is 3.29. The van der Waals surface area contributed by atoms with E-state index in [9.17, 15) is 9.59 Å². The van der Waals surface area contributed by atoms with Crippen LogP contribution in [0.25, 0.3) is 22.1 Å². The Morgan fingerprint density at radius 1 is 0.575 bits per heavy atom. The fourth-order valence-corrected chi connectivity index (χ4v) is 9.48. The van der Waals surface area contributed by atoms with Gasteiger partial charge in [-0.3, -0.25) is 4.79 Å². The van der Waals surface area contributed by atoms with E-state index in [1.54, 1.807) is 81.2 Å². The number of aromatic nitrogens is 8. The number of nitrogen functional groups attached to an aromatic ring is 1. The molecule has 23 heteroatoms. The normalized spacial score (nSPS) is 13.1. The molecule has 0 atom stereocenters. The molecule has 0 saturated carbocycles. The first-order valence-electron chi connectivity index (χ1n) is 27.8. The molecule has 2 aliphatic rings.